The number of rotatable bonds is 6. The van der Waals surface area contributed by atoms with E-state index >= 15 is 0 Å². The predicted octanol–water partition coefficient (Wildman–Crippen LogP) is 3.66. The van der Waals surface area contributed by atoms with E-state index in [-0.39, 0.29) is 5.82 Å². The van der Waals surface area contributed by atoms with Gasteiger partial charge >= 0.3 is 0 Å². The highest BCUT2D eigenvalue weighted by atomic mass is 19.1. The second kappa shape index (κ2) is 8.06. The zero-order valence-electron chi connectivity index (χ0n) is 13.8. The smallest absolute Gasteiger partial charge is 0.228 e. The first-order valence-electron chi connectivity index (χ1n) is 8.33. The average molecular weight is 331 g/mol. The Kier molecular flexibility index (Phi) is 5.59. The fourth-order valence-electron chi connectivity index (χ4n) is 2.83. The van der Waals surface area contributed by atoms with Gasteiger partial charge in [-0.25, -0.2) is 9.37 Å². The Labute approximate surface area is 141 Å². The lowest BCUT2D eigenvalue weighted by molar-refractivity contribution is 0.104. The van der Waals surface area contributed by atoms with Crippen molar-refractivity contribution in [2.24, 2.45) is 5.92 Å². The summed E-state index contributed by atoms with van der Waals surface area (Å²) in [5.41, 5.74) is 0. The molecule has 0 radical (unpaired) electrons. The number of ether oxygens (including phenoxy) is 2. The largest absolute Gasteiger partial charge is 0.439 e. The predicted molar refractivity (Wildman–Crippen MR) is 89.9 cm³/mol. The van der Waals surface area contributed by atoms with Gasteiger partial charge in [0.1, 0.15) is 11.6 Å². The highest BCUT2D eigenvalue weighted by Gasteiger charge is 2.22. The maximum Gasteiger partial charge on any atom is 0.228 e. The average Bonchev–Trinajstić information content (AvgIpc) is 2.62. The van der Waals surface area contributed by atoms with Gasteiger partial charge in [-0.2, -0.15) is 4.98 Å². The number of nitrogens with zero attached hydrogens (tertiary/aromatic N) is 3. The summed E-state index contributed by atoms with van der Waals surface area (Å²) < 4.78 is 24.2. The third kappa shape index (κ3) is 4.41. The summed E-state index contributed by atoms with van der Waals surface area (Å²) in [7, 11) is 0. The van der Waals surface area contributed by atoms with Crippen LogP contribution in [0.1, 0.15) is 19.8 Å². The fraction of sp³-hybridized carbons (Fsp3) is 0.444. The van der Waals surface area contributed by atoms with E-state index in [4.69, 9.17) is 9.47 Å². The zero-order valence-corrected chi connectivity index (χ0v) is 13.8. The third-order valence-electron chi connectivity index (χ3n) is 4.01. The quantitative estimate of drug-likeness (QED) is 0.808. The molecular weight excluding hydrogens is 309 g/mol. The van der Waals surface area contributed by atoms with Crippen LogP contribution in [0.15, 0.2) is 36.5 Å². The van der Waals surface area contributed by atoms with Gasteiger partial charge in [-0.05, 0) is 49.9 Å². The molecule has 0 spiro atoms. The highest BCUT2D eigenvalue weighted by Crippen LogP contribution is 2.24. The van der Waals surface area contributed by atoms with Crippen LogP contribution in [0.2, 0.25) is 0 Å². The molecular formula is C18H22FN3O2. The van der Waals surface area contributed by atoms with E-state index in [2.05, 4.69) is 14.9 Å². The number of hydrogen-bond acceptors (Lipinski definition) is 5. The van der Waals surface area contributed by atoms with E-state index in [0.717, 1.165) is 32.7 Å². The number of halogens is 1. The minimum atomic E-state index is -0.292. The molecule has 128 valence electrons. The third-order valence-corrected chi connectivity index (χ3v) is 4.01. The number of benzene rings is 1. The monoisotopic (exact) mass is 331 g/mol. The standard InChI is InChI=1S/C18H22FN3O2/c1-2-23-13-14-4-3-11-22(12-14)18-20-10-9-17(21-18)24-16-7-5-15(19)6-8-16/h5-10,14H,2-4,11-13H2,1H3. The van der Waals surface area contributed by atoms with Crippen molar-refractivity contribution < 1.29 is 13.9 Å². The molecule has 0 amide bonds. The van der Waals surface area contributed by atoms with Crippen molar-refractivity contribution in [3.8, 4) is 11.6 Å². The highest BCUT2D eigenvalue weighted by molar-refractivity contribution is 5.34. The van der Waals surface area contributed by atoms with Crippen LogP contribution in [0.25, 0.3) is 0 Å². The molecule has 1 aromatic heterocycles. The first kappa shape index (κ1) is 16.6. The molecule has 24 heavy (non-hydrogen) atoms. The summed E-state index contributed by atoms with van der Waals surface area (Å²) in [6.45, 7) is 5.36. The first-order valence-corrected chi connectivity index (χ1v) is 8.33. The Hall–Kier alpha value is -2.21. The maximum atomic E-state index is 13.0. The molecule has 0 aliphatic carbocycles. The Bertz CT molecular complexity index is 651. The lowest BCUT2D eigenvalue weighted by atomic mass is 9.99. The second-order valence-corrected chi connectivity index (χ2v) is 5.86. The molecule has 6 heteroatoms. The lowest BCUT2D eigenvalue weighted by Crippen LogP contribution is -2.38. The van der Waals surface area contributed by atoms with Gasteiger partial charge < -0.3 is 14.4 Å². The first-order chi connectivity index (χ1) is 11.7. The summed E-state index contributed by atoms with van der Waals surface area (Å²) in [6.07, 6.45) is 3.96. The van der Waals surface area contributed by atoms with Gasteiger partial charge in [0.15, 0.2) is 0 Å². The number of anilines is 1. The maximum absolute atomic E-state index is 13.0. The molecule has 1 saturated heterocycles. The lowest BCUT2D eigenvalue weighted by Gasteiger charge is -2.32. The van der Waals surface area contributed by atoms with E-state index in [1.807, 2.05) is 6.92 Å². The van der Waals surface area contributed by atoms with E-state index < -0.39 is 0 Å². The summed E-state index contributed by atoms with van der Waals surface area (Å²) in [6, 6.07) is 7.58. The van der Waals surface area contributed by atoms with Gasteiger partial charge in [0.2, 0.25) is 11.8 Å². The SMILES string of the molecule is CCOCC1CCCN(c2nccc(Oc3ccc(F)cc3)n2)C1. The second-order valence-electron chi connectivity index (χ2n) is 5.86. The van der Waals surface area contributed by atoms with Crippen molar-refractivity contribution in [1.82, 2.24) is 9.97 Å². The fourth-order valence-corrected chi connectivity index (χ4v) is 2.83. The Morgan fingerprint density at radius 1 is 1.25 bits per heavy atom. The van der Waals surface area contributed by atoms with Crippen molar-refractivity contribution in [2.45, 2.75) is 19.8 Å². The molecule has 1 aromatic carbocycles. The number of aromatic nitrogens is 2. The van der Waals surface area contributed by atoms with Gasteiger partial charge in [0.25, 0.3) is 0 Å². The van der Waals surface area contributed by atoms with Crippen LogP contribution in [0.4, 0.5) is 10.3 Å². The molecule has 1 fully saturated rings. The molecule has 1 unspecified atom stereocenters. The van der Waals surface area contributed by atoms with E-state index in [1.165, 1.54) is 18.6 Å². The van der Waals surface area contributed by atoms with Crippen molar-refractivity contribution in [3.05, 3.63) is 42.3 Å². The number of hydrogen-bond donors (Lipinski definition) is 0. The van der Waals surface area contributed by atoms with Crippen LogP contribution >= 0.6 is 0 Å². The van der Waals surface area contributed by atoms with Crippen LogP contribution in [-0.4, -0.2) is 36.3 Å². The van der Waals surface area contributed by atoms with Gasteiger partial charge in [-0.3, -0.25) is 0 Å². The van der Waals surface area contributed by atoms with E-state index in [9.17, 15) is 4.39 Å². The van der Waals surface area contributed by atoms with Gasteiger partial charge in [-0.15, -0.1) is 0 Å². The van der Waals surface area contributed by atoms with Crippen molar-refractivity contribution in [1.29, 1.82) is 0 Å². The van der Waals surface area contributed by atoms with Crippen LogP contribution in [-0.2, 0) is 4.74 Å². The number of piperidine rings is 1. The normalized spacial score (nSPS) is 17.8. The van der Waals surface area contributed by atoms with Crippen LogP contribution in [0, 0.1) is 11.7 Å². The summed E-state index contributed by atoms with van der Waals surface area (Å²) >= 11 is 0. The van der Waals surface area contributed by atoms with Crippen LogP contribution in [0.3, 0.4) is 0 Å². The van der Waals surface area contributed by atoms with Crippen molar-refractivity contribution >= 4 is 5.95 Å². The summed E-state index contributed by atoms with van der Waals surface area (Å²) in [4.78, 5) is 11.0. The Morgan fingerprint density at radius 2 is 2.08 bits per heavy atom. The molecule has 1 aliphatic heterocycles. The minimum absolute atomic E-state index is 0.292. The molecule has 1 aliphatic rings. The summed E-state index contributed by atoms with van der Waals surface area (Å²) in [5, 5.41) is 0. The summed E-state index contributed by atoms with van der Waals surface area (Å²) in [5.74, 6) is 1.88. The van der Waals surface area contributed by atoms with Crippen LogP contribution < -0.4 is 9.64 Å². The molecule has 0 bridgehead atoms. The van der Waals surface area contributed by atoms with E-state index in [0.29, 0.717) is 23.5 Å². The molecule has 0 N–H and O–H groups in total. The van der Waals surface area contributed by atoms with Gasteiger partial charge in [0, 0.05) is 32.0 Å². The van der Waals surface area contributed by atoms with Gasteiger partial charge in [0.05, 0.1) is 6.61 Å². The Balaban J connectivity index is 1.67. The van der Waals surface area contributed by atoms with Gasteiger partial charge in [-0.1, -0.05) is 0 Å². The molecule has 2 heterocycles. The van der Waals surface area contributed by atoms with Crippen molar-refractivity contribution in [3.63, 3.8) is 0 Å². The molecule has 3 rings (SSSR count). The topological polar surface area (TPSA) is 47.5 Å². The molecule has 2 aromatic rings. The molecule has 1 atom stereocenters. The molecule has 0 saturated carbocycles. The Morgan fingerprint density at radius 3 is 2.88 bits per heavy atom. The zero-order chi connectivity index (χ0) is 16.8. The van der Waals surface area contributed by atoms with E-state index in [1.54, 1.807) is 24.4 Å². The van der Waals surface area contributed by atoms with Crippen molar-refractivity contribution in [2.75, 3.05) is 31.2 Å². The van der Waals surface area contributed by atoms with Crippen LogP contribution in [0.5, 0.6) is 11.6 Å². The minimum Gasteiger partial charge on any atom is -0.439 e. The molecule has 5 nitrogen and oxygen atoms in total.